The van der Waals surface area contributed by atoms with Crippen molar-refractivity contribution >= 4 is 22.6 Å². The Morgan fingerprint density at radius 1 is 1.29 bits per heavy atom. The van der Waals surface area contributed by atoms with Crippen LogP contribution in [0.15, 0.2) is 18.6 Å². The van der Waals surface area contributed by atoms with Gasteiger partial charge in [-0.15, -0.1) is 5.10 Å². The summed E-state index contributed by atoms with van der Waals surface area (Å²) >= 11 is 0. The Morgan fingerprint density at radius 2 is 2.14 bits per heavy atom. The van der Waals surface area contributed by atoms with Gasteiger partial charge in [0.1, 0.15) is 17.5 Å². The summed E-state index contributed by atoms with van der Waals surface area (Å²) in [6.45, 7) is 2.89. The molecule has 148 valence electrons. The summed E-state index contributed by atoms with van der Waals surface area (Å²) < 4.78 is 1.79. The summed E-state index contributed by atoms with van der Waals surface area (Å²) in [6.07, 6.45) is 8.24. The molecule has 1 aliphatic carbocycles. The summed E-state index contributed by atoms with van der Waals surface area (Å²) in [6, 6.07) is 2.12. The molecule has 1 saturated heterocycles. The average Bonchev–Trinajstić information content (AvgIpc) is 3.40. The van der Waals surface area contributed by atoms with Crippen LogP contribution in [0.25, 0.3) is 16.6 Å². The van der Waals surface area contributed by atoms with E-state index in [0.717, 1.165) is 61.1 Å². The van der Waals surface area contributed by atoms with Gasteiger partial charge < -0.3 is 20.3 Å². The predicted octanol–water partition coefficient (Wildman–Crippen LogP) is 2.22. The van der Waals surface area contributed by atoms with Crippen LogP contribution < -0.4 is 5.32 Å². The first-order chi connectivity index (χ1) is 13.7. The molecule has 0 radical (unpaired) electrons. The lowest BCUT2D eigenvalue weighted by atomic mass is 9.80. The molecule has 0 bridgehead atoms. The van der Waals surface area contributed by atoms with Crippen LogP contribution >= 0.6 is 0 Å². The molecule has 9 heteroatoms. The number of carbonyl (C=O) groups is 1. The number of aromatic amines is 1. The highest BCUT2D eigenvalue weighted by Crippen LogP contribution is 2.38. The number of nitrogens with one attached hydrogen (secondary N) is 2. The molecular formula is C19H25N7O2. The normalized spacial score (nSPS) is 26.2. The van der Waals surface area contributed by atoms with Crippen LogP contribution in [0.2, 0.25) is 0 Å². The number of fused-ring (bicyclic) bond motifs is 3. The van der Waals surface area contributed by atoms with Gasteiger partial charge in [-0.05, 0) is 44.1 Å². The molecule has 1 amide bonds. The number of amides is 1. The molecule has 0 unspecified atom stereocenters. The van der Waals surface area contributed by atoms with Gasteiger partial charge >= 0.3 is 6.09 Å². The Morgan fingerprint density at radius 3 is 2.96 bits per heavy atom. The van der Waals surface area contributed by atoms with Gasteiger partial charge in [0.2, 0.25) is 0 Å². The second kappa shape index (κ2) is 7.05. The molecule has 2 aliphatic rings. The zero-order chi connectivity index (χ0) is 19.1. The Kier molecular flexibility index (Phi) is 4.38. The molecular weight excluding hydrogens is 358 g/mol. The third-order valence-electron chi connectivity index (χ3n) is 6.35. The van der Waals surface area contributed by atoms with Crippen LogP contribution in [0.1, 0.15) is 43.7 Å². The Hall–Kier alpha value is -2.68. The van der Waals surface area contributed by atoms with E-state index in [0.29, 0.717) is 11.8 Å². The number of carboxylic acid groups (broad SMARTS) is 1. The maximum Gasteiger partial charge on any atom is 0.404 e. The van der Waals surface area contributed by atoms with Crippen LogP contribution in [0.3, 0.4) is 0 Å². The fraction of sp³-hybridized carbons (Fsp3) is 0.579. The smallest absolute Gasteiger partial charge is 0.404 e. The molecule has 2 fully saturated rings. The Bertz CT molecular complexity index is 989. The maximum atomic E-state index is 10.8. The van der Waals surface area contributed by atoms with Crippen molar-refractivity contribution in [1.82, 2.24) is 35.0 Å². The SMILES string of the molecule is O=C(O)N[C@@H]1CCN(CC2CCC(c3nnn4cnc5[nH]ccc5c34)CC2)C1. The first kappa shape index (κ1) is 17.4. The molecule has 28 heavy (non-hydrogen) atoms. The van der Waals surface area contributed by atoms with Crippen molar-refractivity contribution in [2.24, 2.45) is 5.92 Å². The molecule has 1 atom stereocenters. The van der Waals surface area contributed by atoms with Crippen molar-refractivity contribution in [1.29, 1.82) is 0 Å². The largest absolute Gasteiger partial charge is 0.465 e. The Labute approximate surface area is 162 Å². The molecule has 0 aromatic carbocycles. The van der Waals surface area contributed by atoms with Crippen LogP contribution in [-0.2, 0) is 0 Å². The summed E-state index contributed by atoms with van der Waals surface area (Å²) in [4.78, 5) is 20.8. The molecule has 3 aromatic rings. The van der Waals surface area contributed by atoms with E-state index in [1.165, 1.54) is 12.8 Å². The lowest BCUT2D eigenvalue weighted by molar-refractivity contribution is 0.187. The third-order valence-corrected chi connectivity index (χ3v) is 6.35. The van der Waals surface area contributed by atoms with Crippen molar-refractivity contribution in [3.63, 3.8) is 0 Å². The minimum atomic E-state index is -0.917. The summed E-state index contributed by atoms with van der Waals surface area (Å²) in [5.74, 6) is 1.12. The van der Waals surface area contributed by atoms with E-state index in [4.69, 9.17) is 5.11 Å². The average molecular weight is 383 g/mol. The van der Waals surface area contributed by atoms with Gasteiger partial charge in [0, 0.05) is 43.2 Å². The first-order valence-corrected chi connectivity index (χ1v) is 10.1. The lowest BCUT2D eigenvalue weighted by Crippen LogP contribution is -2.37. The number of likely N-dealkylation sites (tertiary alicyclic amines) is 1. The number of H-pyrrole nitrogens is 1. The van der Waals surface area contributed by atoms with E-state index in [9.17, 15) is 4.79 Å². The zero-order valence-electron chi connectivity index (χ0n) is 15.7. The van der Waals surface area contributed by atoms with E-state index in [1.54, 1.807) is 10.8 Å². The van der Waals surface area contributed by atoms with E-state index < -0.39 is 6.09 Å². The highest BCUT2D eigenvalue weighted by atomic mass is 16.4. The van der Waals surface area contributed by atoms with Crippen LogP contribution in [-0.4, -0.2) is 66.6 Å². The second-order valence-corrected chi connectivity index (χ2v) is 8.16. The Balaban J connectivity index is 1.23. The van der Waals surface area contributed by atoms with E-state index >= 15 is 0 Å². The standard InChI is InChI=1S/C19H25N7O2/c27-19(28)22-14-6-8-25(10-14)9-12-1-3-13(4-2-12)16-17-15-5-7-20-18(15)21-11-26(17)24-23-16/h5,7,11-14,20,22H,1-4,6,8-10H2,(H,27,28)/t12?,13?,14-/m1/s1. The van der Waals surface area contributed by atoms with Crippen LogP contribution in [0.4, 0.5) is 4.79 Å². The molecule has 1 aliphatic heterocycles. The van der Waals surface area contributed by atoms with Crippen molar-refractivity contribution in [2.75, 3.05) is 19.6 Å². The van der Waals surface area contributed by atoms with Gasteiger partial charge in [0.25, 0.3) is 0 Å². The predicted molar refractivity (Wildman–Crippen MR) is 103 cm³/mol. The topological polar surface area (TPSA) is 111 Å². The minimum absolute atomic E-state index is 0.0780. The van der Waals surface area contributed by atoms with Gasteiger partial charge in [0.05, 0.1) is 5.69 Å². The highest BCUT2D eigenvalue weighted by molar-refractivity contribution is 5.92. The number of aromatic nitrogens is 5. The van der Waals surface area contributed by atoms with E-state index in [-0.39, 0.29) is 6.04 Å². The van der Waals surface area contributed by atoms with Crippen molar-refractivity contribution in [3.05, 3.63) is 24.3 Å². The van der Waals surface area contributed by atoms with Gasteiger partial charge in [-0.3, -0.25) is 0 Å². The number of rotatable bonds is 4. The highest BCUT2D eigenvalue weighted by Gasteiger charge is 2.30. The van der Waals surface area contributed by atoms with Crippen molar-refractivity contribution in [3.8, 4) is 0 Å². The number of hydrogen-bond donors (Lipinski definition) is 3. The second-order valence-electron chi connectivity index (χ2n) is 8.16. The van der Waals surface area contributed by atoms with E-state index in [2.05, 4.69) is 30.5 Å². The fourth-order valence-corrected chi connectivity index (χ4v) is 4.97. The maximum absolute atomic E-state index is 10.8. The monoisotopic (exact) mass is 383 g/mol. The summed E-state index contributed by atoms with van der Waals surface area (Å²) in [7, 11) is 0. The lowest BCUT2D eigenvalue weighted by Gasteiger charge is -2.30. The van der Waals surface area contributed by atoms with Gasteiger partial charge in [-0.1, -0.05) is 5.21 Å². The summed E-state index contributed by atoms with van der Waals surface area (Å²) in [5.41, 5.74) is 3.05. The summed E-state index contributed by atoms with van der Waals surface area (Å²) in [5, 5.41) is 21.4. The molecule has 3 aromatic heterocycles. The van der Waals surface area contributed by atoms with Gasteiger partial charge in [0.15, 0.2) is 0 Å². The molecule has 0 spiro atoms. The van der Waals surface area contributed by atoms with Gasteiger partial charge in [-0.25, -0.2) is 14.3 Å². The first-order valence-electron chi connectivity index (χ1n) is 10.1. The third kappa shape index (κ3) is 3.19. The molecule has 4 heterocycles. The van der Waals surface area contributed by atoms with E-state index in [1.807, 2.05) is 12.3 Å². The quantitative estimate of drug-likeness (QED) is 0.637. The molecule has 5 rings (SSSR count). The zero-order valence-corrected chi connectivity index (χ0v) is 15.7. The van der Waals surface area contributed by atoms with Crippen molar-refractivity contribution in [2.45, 2.75) is 44.1 Å². The van der Waals surface area contributed by atoms with Crippen LogP contribution in [0, 0.1) is 5.92 Å². The van der Waals surface area contributed by atoms with Crippen LogP contribution in [0.5, 0.6) is 0 Å². The number of hydrogen-bond acceptors (Lipinski definition) is 5. The fourth-order valence-electron chi connectivity index (χ4n) is 4.97. The number of nitrogens with zero attached hydrogens (tertiary/aromatic N) is 5. The minimum Gasteiger partial charge on any atom is -0.465 e. The molecule has 1 saturated carbocycles. The molecule has 9 nitrogen and oxygen atoms in total. The van der Waals surface area contributed by atoms with Crippen molar-refractivity contribution < 1.29 is 9.90 Å². The van der Waals surface area contributed by atoms with Gasteiger partial charge in [-0.2, -0.15) is 0 Å². The molecule has 3 N–H and O–H groups in total.